The predicted molar refractivity (Wildman–Crippen MR) is 75.1 cm³/mol. The predicted octanol–water partition coefficient (Wildman–Crippen LogP) is 3.31. The van der Waals surface area contributed by atoms with E-state index in [1.807, 2.05) is 0 Å². The van der Waals surface area contributed by atoms with Crippen molar-refractivity contribution in [3.63, 3.8) is 0 Å². The molecule has 4 heteroatoms. The van der Waals surface area contributed by atoms with Gasteiger partial charge in [0.05, 0.1) is 0 Å². The summed E-state index contributed by atoms with van der Waals surface area (Å²) in [5.74, 6) is -1.96. The van der Waals surface area contributed by atoms with Crippen molar-refractivity contribution in [3.05, 3.63) is 0 Å². The lowest BCUT2D eigenvalue weighted by Gasteiger charge is -2.21. The number of carbonyl (C=O) groups excluding carboxylic acids is 1. The van der Waals surface area contributed by atoms with Crippen LogP contribution in [0.3, 0.4) is 0 Å². The maximum absolute atomic E-state index is 11.8. The summed E-state index contributed by atoms with van der Waals surface area (Å²) in [5, 5.41) is 18.8. The number of unbranched alkanes of at least 4 members (excludes halogenated alkanes) is 6. The van der Waals surface area contributed by atoms with E-state index in [-0.39, 0.29) is 12.8 Å². The average Bonchev–Trinajstić information content (AvgIpc) is 2.37. The van der Waals surface area contributed by atoms with Crippen molar-refractivity contribution < 1.29 is 19.8 Å². The maximum Gasteiger partial charge on any atom is 0.343 e. The zero-order chi connectivity index (χ0) is 14.7. The van der Waals surface area contributed by atoms with Crippen LogP contribution in [-0.4, -0.2) is 27.6 Å². The van der Waals surface area contributed by atoms with Crippen LogP contribution in [0, 0.1) is 0 Å². The number of carbonyl (C=O) groups is 2. The van der Waals surface area contributed by atoms with Crippen molar-refractivity contribution in [1.82, 2.24) is 0 Å². The minimum atomic E-state index is -2.17. The number of aliphatic hydroxyl groups is 1. The summed E-state index contributed by atoms with van der Waals surface area (Å²) >= 11 is 0. The molecule has 0 amide bonds. The van der Waals surface area contributed by atoms with Gasteiger partial charge in [-0.15, -0.1) is 0 Å². The Kier molecular flexibility index (Phi) is 9.48. The van der Waals surface area contributed by atoms with Gasteiger partial charge in [-0.1, -0.05) is 58.8 Å². The van der Waals surface area contributed by atoms with Gasteiger partial charge in [0.1, 0.15) is 0 Å². The number of carboxylic acid groups (broad SMARTS) is 1. The van der Waals surface area contributed by atoms with E-state index in [0.29, 0.717) is 12.8 Å². The average molecular weight is 272 g/mol. The minimum Gasteiger partial charge on any atom is -0.479 e. The molecule has 0 spiro atoms. The van der Waals surface area contributed by atoms with Crippen LogP contribution in [0.15, 0.2) is 0 Å². The summed E-state index contributed by atoms with van der Waals surface area (Å²) < 4.78 is 0. The van der Waals surface area contributed by atoms with Gasteiger partial charge >= 0.3 is 5.97 Å². The molecule has 0 aliphatic heterocycles. The van der Waals surface area contributed by atoms with Crippen molar-refractivity contribution in [2.45, 2.75) is 83.7 Å². The number of hydrogen-bond acceptors (Lipinski definition) is 3. The quantitative estimate of drug-likeness (QED) is 0.422. The van der Waals surface area contributed by atoms with E-state index in [1.54, 1.807) is 6.92 Å². The molecule has 0 aliphatic rings. The fraction of sp³-hybridized carbons (Fsp3) is 0.867. The molecule has 0 aromatic rings. The molecule has 0 radical (unpaired) electrons. The Hall–Kier alpha value is -0.900. The zero-order valence-electron chi connectivity index (χ0n) is 12.3. The molecule has 0 heterocycles. The number of aliphatic carboxylic acids is 1. The Morgan fingerprint density at radius 2 is 1.42 bits per heavy atom. The molecule has 0 aliphatic carbocycles. The lowest BCUT2D eigenvalue weighted by atomic mass is 9.90. The van der Waals surface area contributed by atoms with Gasteiger partial charge in [-0.05, 0) is 12.8 Å². The van der Waals surface area contributed by atoms with E-state index >= 15 is 0 Å². The van der Waals surface area contributed by atoms with Crippen LogP contribution in [0.5, 0.6) is 0 Å². The minimum absolute atomic E-state index is 0.00231. The third-order valence-corrected chi connectivity index (χ3v) is 3.43. The van der Waals surface area contributed by atoms with E-state index in [9.17, 15) is 14.7 Å². The Bertz CT molecular complexity index is 275. The second-order valence-electron chi connectivity index (χ2n) is 5.21. The molecule has 0 fully saturated rings. The molecular weight excluding hydrogens is 244 g/mol. The first-order chi connectivity index (χ1) is 8.99. The third kappa shape index (κ3) is 6.71. The van der Waals surface area contributed by atoms with Crippen LogP contribution in [0.25, 0.3) is 0 Å². The highest BCUT2D eigenvalue weighted by Crippen LogP contribution is 2.19. The highest BCUT2D eigenvalue weighted by molar-refractivity contribution is 6.06. The smallest absolute Gasteiger partial charge is 0.343 e. The molecule has 1 atom stereocenters. The van der Waals surface area contributed by atoms with Crippen LogP contribution in [0.2, 0.25) is 0 Å². The number of ketones is 1. The molecule has 19 heavy (non-hydrogen) atoms. The summed E-state index contributed by atoms with van der Waals surface area (Å²) in [6.07, 6.45) is 8.16. The Balaban J connectivity index is 3.92. The Labute approximate surface area is 116 Å². The van der Waals surface area contributed by atoms with Gasteiger partial charge in [-0.3, -0.25) is 4.79 Å². The lowest BCUT2D eigenvalue weighted by Crippen LogP contribution is -2.46. The molecular formula is C15H28O4. The molecule has 4 nitrogen and oxygen atoms in total. The van der Waals surface area contributed by atoms with Crippen LogP contribution in [-0.2, 0) is 9.59 Å². The lowest BCUT2D eigenvalue weighted by molar-refractivity contribution is -0.166. The number of carboxylic acids is 1. The molecule has 0 bridgehead atoms. The van der Waals surface area contributed by atoms with Crippen molar-refractivity contribution in [2.75, 3.05) is 0 Å². The first-order valence-corrected chi connectivity index (χ1v) is 7.48. The second kappa shape index (κ2) is 9.96. The fourth-order valence-electron chi connectivity index (χ4n) is 2.18. The zero-order valence-corrected chi connectivity index (χ0v) is 12.3. The second-order valence-corrected chi connectivity index (χ2v) is 5.21. The van der Waals surface area contributed by atoms with Crippen LogP contribution in [0.4, 0.5) is 0 Å². The first-order valence-electron chi connectivity index (χ1n) is 7.48. The van der Waals surface area contributed by atoms with Crippen LogP contribution in [0.1, 0.15) is 78.1 Å². The molecule has 0 saturated heterocycles. The summed E-state index contributed by atoms with van der Waals surface area (Å²) in [5.41, 5.74) is -2.17. The van der Waals surface area contributed by atoms with Gasteiger partial charge in [0.25, 0.3) is 0 Å². The molecule has 0 saturated carbocycles. The largest absolute Gasteiger partial charge is 0.479 e. The molecule has 0 aromatic carbocycles. The summed E-state index contributed by atoms with van der Waals surface area (Å²) in [6, 6.07) is 0. The highest BCUT2D eigenvalue weighted by Gasteiger charge is 2.42. The molecule has 112 valence electrons. The monoisotopic (exact) mass is 272 g/mol. The summed E-state index contributed by atoms with van der Waals surface area (Å²) in [7, 11) is 0. The van der Waals surface area contributed by atoms with E-state index in [4.69, 9.17) is 5.11 Å². The molecule has 2 N–H and O–H groups in total. The van der Waals surface area contributed by atoms with Crippen molar-refractivity contribution in [1.29, 1.82) is 0 Å². The topological polar surface area (TPSA) is 74.6 Å². The fourth-order valence-corrected chi connectivity index (χ4v) is 2.18. The van der Waals surface area contributed by atoms with Crippen molar-refractivity contribution in [2.24, 2.45) is 0 Å². The molecule has 0 aromatic heterocycles. The molecule has 1 unspecified atom stereocenters. The van der Waals surface area contributed by atoms with Gasteiger partial charge < -0.3 is 10.2 Å². The van der Waals surface area contributed by atoms with Crippen LogP contribution >= 0.6 is 0 Å². The third-order valence-electron chi connectivity index (χ3n) is 3.43. The Morgan fingerprint density at radius 3 is 1.89 bits per heavy atom. The number of rotatable bonds is 12. The van der Waals surface area contributed by atoms with Crippen molar-refractivity contribution in [3.8, 4) is 0 Å². The van der Waals surface area contributed by atoms with Gasteiger partial charge in [-0.25, -0.2) is 4.79 Å². The number of hydrogen-bond donors (Lipinski definition) is 2. The normalized spacial score (nSPS) is 14.1. The van der Waals surface area contributed by atoms with E-state index < -0.39 is 17.4 Å². The first kappa shape index (κ1) is 18.1. The van der Waals surface area contributed by atoms with Gasteiger partial charge in [-0.2, -0.15) is 0 Å². The van der Waals surface area contributed by atoms with E-state index in [2.05, 4.69) is 6.92 Å². The number of Topliss-reactive ketones (excluding diaryl/α,β-unsaturated/α-hetero) is 1. The summed E-state index contributed by atoms with van der Waals surface area (Å²) in [6.45, 7) is 3.92. The molecule has 0 rings (SSSR count). The van der Waals surface area contributed by atoms with E-state index in [1.165, 1.54) is 25.7 Å². The van der Waals surface area contributed by atoms with Crippen LogP contribution < -0.4 is 0 Å². The van der Waals surface area contributed by atoms with E-state index in [0.717, 1.165) is 12.8 Å². The Morgan fingerprint density at radius 1 is 0.895 bits per heavy atom. The maximum atomic E-state index is 11.8. The van der Waals surface area contributed by atoms with Crippen molar-refractivity contribution >= 4 is 11.8 Å². The van der Waals surface area contributed by atoms with Gasteiger partial charge in [0.15, 0.2) is 5.78 Å². The SMILES string of the molecule is CCCCCCCCCC(=O)C(O)(CCC)C(=O)O. The highest BCUT2D eigenvalue weighted by atomic mass is 16.4. The van der Waals surface area contributed by atoms with Gasteiger partial charge in [0, 0.05) is 6.42 Å². The van der Waals surface area contributed by atoms with Gasteiger partial charge in [0.2, 0.25) is 5.60 Å². The summed E-state index contributed by atoms with van der Waals surface area (Å²) in [4.78, 5) is 22.8. The standard InChI is InChI=1S/C15H28O4/c1-3-5-6-7-8-9-10-11-13(16)15(19,12-4-2)14(17)18/h19H,3-12H2,1-2H3,(H,17,18).